The number of alkyl halides is 3. The highest BCUT2D eigenvalue weighted by Gasteiger charge is 2.30. The molecule has 29 heavy (non-hydrogen) atoms. The SMILES string of the molecule is CNc1nc(N/N=C/c2ccccc2)nc(Nc2cccc(C(F)(F)F)c2)n1.Cl. The van der Waals surface area contributed by atoms with Crippen molar-refractivity contribution in [3.05, 3.63) is 65.7 Å². The number of hydrazone groups is 1. The van der Waals surface area contributed by atoms with E-state index in [0.29, 0.717) is 0 Å². The van der Waals surface area contributed by atoms with Gasteiger partial charge in [0.05, 0.1) is 11.8 Å². The zero-order valence-corrected chi connectivity index (χ0v) is 15.9. The molecule has 0 atom stereocenters. The van der Waals surface area contributed by atoms with Crippen molar-refractivity contribution in [1.82, 2.24) is 15.0 Å². The summed E-state index contributed by atoms with van der Waals surface area (Å²) < 4.78 is 38.6. The maximum Gasteiger partial charge on any atom is 0.416 e. The first kappa shape index (κ1) is 21.9. The van der Waals surface area contributed by atoms with Crippen LogP contribution < -0.4 is 16.1 Å². The summed E-state index contributed by atoms with van der Waals surface area (Å²) in [6.07, 6.45) is -2.85. The lowest BCUT2D eigenvalue weighted by atomic mass is 10.2. The fraction of sp³-hybridized carbons (Fsp3) is 0.111. The van der Waals surface area contributed by atoms with E-state index in [1.165, 1.54) is 12.1 Å². The topological polar surface area (TPSA) is 87.1 Å². The molecule has 2 aromatic carbocycles. The van der Waals surface area contributed by atoms with Gasteiger partial charge < -0.3 is 10.6 Å². The number of benzene rings is 2. The van der Waals surface area contributed by atoms with Gasteiger partial charge in [-0.05, 0) is 23.8 Å². The summed E-state index contributed by atoms with van der Waals surface area (Å²) in [5, 5.41) is 9.56. The molecule has 0 radical (unpaired) electrons. The lowest BCUT2D eigenvalue weighted by molar-refractivity contribution is -0.137. The van der Waals surface area contributed by atoms with Crippen LogP contribution in [0, 0.1) is 0 Å². The third-order valence-corrected chi connectivity index (χ3v) is 3.48. The van der Waals surface area contributed by atoms with E-state index >= 15 is 0 Å². The van der Waals surface area contributed by atoms with Gasteiger partial charge in [-0.25, -0.2) is 5.43 Å². The summed E-state index contributed by atoms with van der Waals surface area (Å²) in [5.41, 5.74) is 2.98. The molecule has 0 aliphatic heterocycles. The van der Waals surface area contributed by atoms with E-state index in [4.69, 9.17) is 0 Å². The zero-order valence-electron chi connectivity index (χ0n) is 15.1. The first-order valence-corrected chi connectivity index (χ1v) is 8.16. The van der Waals surface area contributed by atoms with Gasteiger partial charge in [0, 0.05) is 12.7 Å². The number of nitrogens with zero attached hydrogens (tertiary/aromatic N) is 4. The van der Waals surface area contributed by atoms with Crippen LogP contribution in [0.15, 0.2) is 59.7 Å². The van der Waals surface area contributed by atoms with Gasteiger partial charge in [-0.2, -0.15) is 33.2 Å². The quantitative estimate of drug-likeness (QED) is 0.398. The summed E-state index contributed by atoms with van der Waals surface area (Å²) in [5.74, 6) is 0.416. The molecule has 3 N–H and O–H groups in total. The predicted molar refractivity (Wildman–Crippen MR) is 109 cm³/mol. The predicted octanol–water partition coefficient (Wildman–Crippen LogP) is 4.54. The largest absolute Gasteiger partial charge is 0.416 e. The van der Waals surface area contributed by atoms with E-state index in [2.05, 4.69) is 36.1 Å². The normalized spacial score (nSPS) is 11.0. The number of hydrogen-bond donors (Lipinski definition) is 3. The highest BCUT2D eigenvalue weighted by atomic mass is 35.5. The monoisotopic (exact) mass is 423 g/mol. The number of halogens is 4. The molecule has 0 fully saturated rings. The first-order valence-electron chi connectivity index (χ1n) is 8.16. The van der Waals surface area contributed by atoms with E-state index in [1.54, 1.807) is 13.3 Å². The van der Waals surface area contributed by atoms with E-state index in [0.717, 1.165) is 17.7 Å². The molecule has 152 valence electrons. The fourth-order valence-electron chi connectivity index (χ4n) is 2.20. The molecule has 3 rings (SSSR count). The molecule has 3 aromatic rings. The summed E-state index contributed by atoms with van der Waals surface area (Å²) in [4.78, 5) is 12.3. The van der Waals surface area contributed by atoms with Crippen molar-refractivity contribution >= 4 is 42.2 Å². The number of rotatable bonds is 6. The minimum atomic E-state index is -4.44. The Morgan fingerprint density at radius 2 is 1.59 bits per heavy atom. The van der Waals surface area contributed by atoms with Crippen LogP contribution in [0.5, 0.6) is 0 Å². The highest BCUT2D eigenvalue weighted by molar-refractivity contribution is 5.85. The Bertz CT molecular complexity index is 965. The maximum atomic E-state index is 12.9. The Morgan fingerprint density at radius 3 is 2.28 bits per heavy atom. The molecule has 0 aliphatic carbocycles. The molecule has 7 nitrogen and oxygen atoms in total. The van der Waals surface area contributed by atoms with Gasteiger partial charge in [-0.15, -0.1) is 12.4 Å². The lowest BCUT2D eigenvalue weighted by Gasteiger charge is -2.11. The molecule has 0 bridgehead atoms. The molecular formula is C18H17ClF3N7. The van der Waals surface area contributed by atoms with Crippen molar-refractivity contribution in [2.75, 3.05) is 23.1 Å². The van der Waals surface area contributed by atoms with E-state index in [9.17, 15) is 13.2 Å². The summed E-state index contributed by atoms with van der Waals surface area (Å²) in [6.45, 7) is 0. The van der Waals surface area contributed by atoms with Crippen LogP contribution in [0.3, 0.4) is 0 Å². The van der Waals surface area contributed by atoms with Crippen molar-refractivity contribution < 1.29 is 13.2 Å². The number of hydrogen-bond acceptors (Lipinski definition) is 7. The van der Waals surface area contributed by atoms with Crippen LogP contribution in [0.4, 0.5) is 36.7 Å². The van der Waals surface area contributed by atoms with Gasteiger partial charge >= 0.3 is 6.18 Å². The summed E-state index contributed by atoms with van der Waals surface area (Å²) in [7, 11) is 1.61. The Morgan fingerprint density at radius 1 is 0.897 bits per heavy atom. The van der Waals surface area contributed by atoms with E-state index in [1.807, 2.05) is 30.3 Å². The average molecular weight is 424 g/mol. The Kier molecular flexibility index (Phi) is 7.32. The van der Waals surface area contributed by atoms with Gasteiger partial charge in [0.2, 0.25) is 17.8 Å². The van der Waals surface area contributed by atoms with Crippen LogP contribution in [-0.4, -0.2) is 28.2 Å². The van der Waals surface area contributed by atoms with Gasteiger partial charge in [0.15, 0.2) is 0 Å². The van der Waals surface area contributed by atoms with Gasteiger partial charge in [0.25, 0.3) is 0 Å². The first-order chi connectivity index (χ1) is 13.4. The summed E-state index contributed by atoms with van der Waals surface area (Å²) in [6, 6.07) is 14.1. The van der Waals surface area contributed by atoms with Crippen LogP contribution >= 0.6 is 12.4 Å². The van der Waals surface area contributed by atoms with Crippen molar-refractivity contribution in [2.45, 2.75) is 6.18 Å². The number of aromatic nitrogens is 3. The molecule has 1 heterocycles. The molecule has 0 spiro atoms. The van der Waals surface area contributed by atoms with Crippen molar-refractivity contribution in [2.24, 2.45) is 5.10 Å². The lowest BCUT2D eigenvalue weighted by Crippen LogP contribution is -2.08. The van der Waals surface area contributed by atoms with Crippen LogP contribution in [0.2, 0.25) is 0 Å². The molecule has 0 aliphatic rings. The minimum Gasteiger partial charge on any atom is -0.357 e. The molecular weight excluding hydrogens is 407 g/mol. The third-order valence-electron chi connectivity index (χ3n) is 3.48. The van der Waals surface area contributed by atoms with E-state index < -0.39 is 11.7 Å². The molecule has 0 unspecified atom stereocenters. The second-order valence-electron chi connectivity index (χ2n) is 5.54. The standard InChI is InChI=1S/C18H16F3N7.ClH/c1-22-15-25-16(24-14-9-5-8-13(10-14)18(19,20)21)27-17(26-15)28-23-11-12-6-3-2-4-7-12;/h2-11H,1H3,(H3,22,24,25,26,27,28);1H/b23-11+;. The van der Waals surface area contributed by atoms with Crippen LogP contribution in [0.1, 0.15) is 11.1 Å². The number of anilines is 4. The minimum absolute atomic E-state index is 0. The molecule has 1 aromatic heterocycles. The van der Waals surface area contributed by atoms with Crippen LogP contribution in [-0.2, 0) is 6.18 Å². The van der Waals surface area contributed by atoms with E-state index in [-0.39, 0.29) is 35.9 Å². The molecule has 11 heteroatoms. The van der Waals surface area contributed by atoms with Gasteiger partial charge in [0.1, 0.15) is 0 Å². The van der Waals surface area contributed by atoms with Crippen LogP contribution in [0.25, 0.3) is 0 Å². The van der Waals surface area contributed by atoms with Crippen molar-refractivity contribution in [3.8, 4) is 0 Å². The van der Waals surface area contributed by atoms with Crippen molar-refractivity contribution in [3.63, 3.8) is 0 Å². The maximum absolute atomic E-state index is 12.9. The molecule has 0 saturated heterocycles. The van der Waals surface area contributed by atoms with Crippen molar-refractivity contribution in [1.29, 1.82) is 0 Å². The Hall–Kier alpha value is -3.40. The Balaban J connectivity index is 0.00000300. The van der Waals surface area contributed by atoms with Gasteiger partial charge in [-0.3, -0.25) is 0 Å². The smallest absolute Gasteiger partial charge is 0.357 e. The zero-order chi connectivity index (χ0) is 20.0. The Labute approximate surface area is 170 Å². The highest BCUT2D eigenvalue weighted by Crippen LogP contribution is 2.31. The second-order valence-corrected chi connectivity index (χ2v) is 5.54. The summed E-state index contributed by atoms with van der Waals surface area (Å²) >= 11 is 0. The number of nitrogens with one attached hydrogen (secondary N) is 3. The third kappa shape index (κ3) is 6.32. The average Bonchev–Trinajstić information content (AvgIpc) is 2.68. The van der Waals surface area contributed by atoms with Gasteiger partial charge in [-0.1, -0.05) is 36.4 Å². The molecule has 0 amide bonds. The molecule has 0 saturated carbocycles. The second kappa shape index (κ2) is 9.69. The fourth-order valence-corrected chi connectivity index (χ4v) is 2.20.